The van der Waals surface area contributed by atoms with Crippen molar-refractivity contribution in [3.63, 3.8) is 0 Å². The van der Waals surface area contributed by atoms with Crippen molar-refractivity contribution in [3.8, 4) is 0 Å². The Kier molecular flexibility index (Phi) is 4.20. The number of aliphatic carboxylic acids is 1. The van der Waals surface area contributed by atoms with E-state index in [-0.39, 0.29) is 16.4 Å². The molecule has 0 unspecified atom stereocenters. The van der Waals surface area contributed by atoms with E-state index in [1.165, 1.54) is 6.08 Å². The van der Waals surface area contributed by atoms with E-state index in [9.17, 15) is 9.59 Å². The molecule has 0 aromatic carbocycles. The van der Waals surface area contributed by atoms with E-state index in [1.807, 2.05) is 20.8 Å². The van der Waals surface area contributed by atoms with Crippen LogP contribution in [0.4, 0.5) is 0 Å². The van der Waals surface area contributed by atoms with Gasteiger partial charge in [0.25, 0.3) is 0 Å². The van der Waals surface area contributed by atoms with Gasteiger partial charge < -0.3 is 9.84 Å². The minimum absolute atomic E-state index is 0.0275. The first-order valence-corrected chi connectivity index (χ1v) is 5.97. The first-order valence-electron chi connectivity index (χ1n) is 5.59. The van der Waals surface area contributed by atoms with Gasteiger partial charge in [-0.25, -0.2) is 4.79 Å². The molecule has 2 atom stereocenters. The molecule has 96 valence electrons. The summed E-state index contributed by atoms with van der Waals surface area (Å²) < 4.78 is 4.86. The quantitative estimate of drug-likeness (QED) is 0.609. The molecule has 0 aliphatic heterocycles. The third kappa shape index (κ3) is 3.00. The molecule has 0 amide bonds. The Hall–Kier alpha value is -1.03. The van der Waals surface area contributed by atoms with Gasteiger partial charge in [0.1, 0.15) is 5.03 Å². The van der Waals surface area contributed by atoms with Gasteiger partial charge in [-0.3, -0.25) is 4.79 Å². The molecule has 4 nitrogen and oxygen atoms in total. The minimum Gasteiger partial charge on any atom is -0.481 e. The van der Waals surface area contributed by atoms with Crippen molar-refractivity contribution < 1.29 is 19.4 Å². The van der Waals surface area contributed by atoms with Gasteiger partial charge in [-0.15, -0.1) is 0 Å². The average molecular weight is 261 g/mol. The zero-order chi connectivity index (χ0) is 13.2. The molecule has 1 fully saturated rings. The standard InChI is InChI=1S/C12H17ClO4/c1-4-5-17-11(16)8(13)6-7-9(10(14)15)12(7,2)3/h6-7,9H,4-5H2,1-3H3,(H,14,15)/b8-6-/t7-,9-/m0/s1. The van der Waals surface area contributed by atoms with Gasteiger partial charge in [-0.1, -0.05) is 38.4 Å². The van der Waals surface area contributed by atoms with E-state index < -0.39 is 17.9 Å². The van der Waals surface area contributed by atoms with Crippen LogP contribution < -0.4 is 0 Å². The molecule has 0 spiro atoms. The molecule has 0 aromatic heterocycles. The van der Waals surface area contributed by atoms with Gasteiger partial charge in [-0.2, -0.15) is 0 Å². The Labute approximate surface area is 106 Å². The molecule has 1 N–H and O–H groups in total. The summed E-state index contributed by atoms with van der Waals surface area (Å²) >= 11 is 5.79. The van der Waals surface area contributed by atoms with Crippen LogP contribution in [0.1, 0.15) is 27.2 Å². The Bertz CT molecular complexity index is 360. The summed E-state index contributed by atoms with van der Waals surface area (Å²) in [6, 6.07) is 0. The Morgan fingerprint density at radius 3 is 2.47 bits per heavy atom. The highest BCUT2D eigenvalue weighted by atomic mass is 35.5. The lowest BCUT2D eigenvalue weighted by Gasteiger charge is -2.01. The number of carboxylic acids is 1. The fourth-order valence-electron chi connectivity index (χ4n) is 1.95. The largest absolute Gasteiger partial charge is 0.481 e. The van der Waals surface area contributed by atoms with Crippen molar-refractivity contribution in [3.05, 3.63) is 11.1 Å². The van der Waals surface area contributed by atoms with Crippen molar-refractivity contribution in [2.75, 3.05) is 6.61 Å². The normalized spacial score (nSPS) is 26.5. The molecule has 0 aromatic rings. The van der Waals surface area contributed by atoms with Gasteiger partial charge in [0.2, 0.25) is 0 Å². The first kappa shape index (κ1) is 14.0. The number of esters is 1. The number of allylic oxidation sites excluding steroid dienone is 1. The van der Waals surface area contributed by atoms with Crippen LogP contribution in [0, 0.1) is 17.3 Å². The number of rotatable bonds is 5. The summed E-state index contributed by atoms with van der Waals surface area (Å²) in [5.41, 5.74) is -0.350. The third-order valence-electron chi connectivity index (χ3n) is 3.13. The highest BCUT2D eigenvalue weighted by Crippen LogP contribution is 2.59. The molecule has 0 heterocycles. The molecule has 1 rings (SSSR count). The van der Waals surface area contributed by atoms with Crippen LogP contribution >= 0.6 is 11.6 Å². The van der Waals surface area contributed by atoms with Crippen LogP contribution in [0.25, 0.3) is 0 Å². The van der Waals surface area contributed by atoms with Crippen LogP contribution in [0.3, 0.4) is 0 Å². The molecular weight excluding hydrogens is 244 g/mol. The molecule has 1 aliphatic carbocycles. The van der Waals surface area contributed by atoms with Crippen LogP contribution in [0.15, 0.2) is 11.1 Å². The first-order chi connectivity index (χ1) is 7.82. The summed E-state index contributed by atoms with van der Waals surface area (Å²) in [5, 5.41) is 8.94. The number of carboxylic acid groups (broad SMARTS) is 1. The second kappa shape index (κ2) is 5.08. The Morgan fingerprint density at radius 1 is 1.47 bits per heavy atom. The number of hydrogen-bond acceptors (Lipinski definition) is 3. The number of ether oxygens (including phenoxy) is 1. The summed E-state index contributed by atoms with van der Waals surface area (Å²) in [4.78, 5) is 22.3. The fraction of sp³-hybridized carbons (Fsp3) is 0.667. The molecule has 17 heavy (non-hydrogen) atoms. The second-order valence-corrected chi connectivity index (χ2v) is 5.22. The highest BCUT2D eigenvalue weighted by Gasteiger charge is 2.61. The number of halogens is 1. The van der Waals surface area contributed by atoms with Crippen molar-refractivity contribution in [1.82, 2.24) is 0 Å². The fourth-order valence-corrected chi connectivity index (χ4v) is 2.14. The van der Waals surface area contributed by atoms with E-state index in [0.29, 0.717) is 6.61 Å². The third-order valence-corrected chi connectivity index (χ3v) is 3.42. The van der Waals surface area contributed by atoms with E-state index in [4.69, 9.17) is 21.4 Å². The monoisotopic (exact) mass is 260 g/mol. The lowest BCUT2D eigenvalue weighted by Crippen LogP contribution is -2.06. The van der Waals surface area contributed by atoms with Crippen molar-refractivity contribution in [2.24, 2.45) is 17.3 Å². The van der Waals surface area contributed by atoms with E-state index in [0.717, 1.165) is 6.42 Å². The second-order valence-electron chi connectivity index (χ2n) is 4.81. The van der Waals surface area contributed by atoms with E-state index in [2.05, 4.69) is 0 Å². The van der Waals surface area contributed by atoms with Gasteiger partial charge in [0.15, 0.2) is 0 Å². The lowest BCUT2D eigenvalue weighted by molar-refractivity contribution is -0.140. The Balaban J connectivity index is 2.65. The molecule has 0 radical (unpaired) electrons. The van der Waals surface area contributed by atoms with Crippen molar-refractivity contribution >= 4 is 23.5 Å². The van der Waals surface area contributed by atoms with Gasteiger partial charge in [0.05, 0.1) is 12.5 Å². The summed E-state index contributed by atoms with van der Waals surface area (Å²) in [6.45, 7) is 5.89. The molecule has 1 aliphatic rings. The topological polar surface area (TPSA) is 63.6 Å². The van der Waals surface area contributed by atoms with E-state index >= 15 is 0 Å². The highest BCUT2D eigenvalue weighted by molar-refractivity contribution is 6.41. The van der Waals surface area contributed by atoms with Crippen molar-refractivity contribution in [2.45, 2.75) is 27.2 Å². The molecular formula is C12H17ClO4. The van der Waals surface area contributed by atoms with Crippen LogP contribution in [0.2, 0.25) is 0 Å². The predicted molar refractivity (Wildman–Crippen MR) is 63.6 cm³/mol. The zero-order valence-electron chi connectivity index (χ0n) is 10.2. The average Bonchev–Trinajstić information content (AvgIpc) is 2.76. The number of carbonyl (C=O) groups is 2. The predicted octanol–water partition coefficient (Wildman–Crippen LogP) is 2.42. The lowest BCUT2D eigenvalue weighted by atomic mass is 10.1. The maximum Gasteiger partial charge on any atom is 0.349 e. The summed E-state index contributed by atoms with van der Waals surface area (Å²) in [5.74, 6) is -2.13. The molecule has 0 bridgehead atoms. The number of carbonyl (C=O) groups excluding carboxylic acids is 1. The SMILES string of the molecule is CCCOC(=O)/C(Cl)=C/[C@H]1[C@@H](C(=O)O)C1(C)C. The van der Waals surface area contributed by atoms with Crippen LogP contribution in [0.5, 0.6) is 0 Å². The maximum absolute atomic E-state index is 11.4. The van der Waals surface area contributed by atoms with E-state index in [1.54, 1.807) is 0 Å². The molecule has 1 saturated carbocycles. The summed E-state index contributed by atoms with van der Waals surface area (Å²) in [6.07, 6.45) is 2.22. The molecule has 5 heteroatoms. The van der Waals surface area contributed by atoms with Gasteiger partial charge in [-0.05, 0) is 17.8 Å². The summed E-state index contributed by atoms with van der Waals surface area (Å²) in [7, 11) is 0. The Morgan fingerprint density at radius 2 is 2.06 bits per heavy atom. The minimum atomic E-state index is -0.859. The van der Waals surface area contributed by atoms with Gasteiger partial charge >= 0.3 is 11.9 Å². The molecule has 0 saturated heterocycles. The van der Waals surface area contributed by atoms with Crippen LogP contribution in [-0.2, 0) is 14.3 Å². The zero-order valence-corrected chi connectivity index (χ0v) is 11.0. The number of hydrogen-bond donors (Lipinski definition) is 1. The van der Waals surface area contributed by atoms with Crippen LogP contribution in [-0.4, -0.2) is 23.7 Å². The van der Waals surface area contributed by atoms with Gasteiger partial charge in [0, 0.05) is 0 Å². The maximum atomic E-state index is 11.4. The van der Waals surface area contributed by atoms with Crippen molar-refractivity contribution in [1.29, 1.82) is 0 Å². The smallest absolute Gasteiger partial charge is 0.349 e.